The van der Waals surface area contributed by atoms with Crippen LogP contribution < -0.4 is 0 Å². The zero-order chi connectivity index (χ0) is 29.4. The van der Waals surface area contributed by atoms with Crippen molar-refractivity contribution in [1.82, 2.24) is 0 Å². The van der Waals surface area contributed by atoms with Gasteiger partial charge in [0.05, 0.1) is 27.7 Å². The molecule has 0 rings (SSSR count). The van der Waals surface area contributed by atoms with Crippen LogP contribution in [-0.4, -0.2) is 66.7 Å². The summed E-state index contributed by atoms with van der Waals surface area (Å²) in [6.45, 7) is 3.55. The van der Waals surface area contributed by atoms with Crippen LogP contribution in [0.3, 0.4) is 0 Å². The number of esters is 1. The molecular formula is C31H65NO6P+. The smallest absolute Gasteiger partial charge is 0.385 e. The molecule has 0 bridgehead atoms. The van der Waals surface area contributed by atoms with Gasteiger partial charge in [-0.2, -0.15) is 0 Å². The van der Waals surface area contributed by atoms with Crippen LogP contribution in [0.4, 0.5) is 0 Å². The Bertz CT molecular complexity index is 625. The third kappa shape index (κ3) is 22.9. The standard InChI is InChI=1S/C31H64NO6P/c1-6-8-9-10-11-12-13-14-15-16-17-18-19-20-21-22-23-24-25-26-31(34)37-27-29(33)28-38-39(35,36)30(7-2)32(3,4)5/h29-30,33H,6-28H2,1-5H3/p+1/t29-,30?/m1/s1. The maximum Gasteiger partial charge on any atom is 0.385 e. The summed E-state index contributed by atoms with van der Waals surface area (Å²) in [7, 11) is 1.59. The molecule has 0 aromatic rings. The van der Waals surface area contributed by atoms with E-state index >= 15 is 0 Å². The van der Waals surface area contributed by atoms with Crippen molar-refractivity contribution in [3.05, 3.63) is 0 Å². The lowest BCUT2D eigenvalue weighted by Gasteiger charge is -2.35. The molecule has 0 aromatic carbocycles. The molecule has 0 radical (unpaired) electrons. The summed E-state index contributed by atoms with van der Waals surface area (Å²) >= 11 is 0. The third-order valence-corrected chi connectivity index (χ3v) is 9.84. The molecule has 0 amide bonds. The number of aliphatic hydroxyl groups excluding tert-OH is 1. The molecule has 7 nitrogen and oxygen atoms in total. The van der Waals surface area contributed by atoms with Crippen LogP contribution in [0.15, 0.2) is 0 Å². The molecule has 8 heteroatoms. The summed E-state index contributed by atoms with van der Waals surface area (Å²) < 4.78 is 23.1. The number of unbranched alkanes of at least 4 members (excludes halogenated alkanes) is 18. The van der Waals surface area contributed by atoms with Gasteiger partial charge in [0.1, 0.15) is 12.7 Å². The predicted molar refractivity (Wildman–Crippen MR) is 163 cm³/mol. The Morgan fingerprint density at radius 2 is 1.08 bits per heavy atom. The topological polar surface area (TPSA) is 93.1 Å². The molecule has 0 aliphatic rings. The van der Waals surface area contributed by atoms with Crippen LogP contribution in [0, 0.1) is 0 Å². The zero-order valence-electron chi connectivity index (χ0n) is 26.3. The number of quaternary nitrogens is 1. The second-order valence-corrected chi connectivity index (χ2v) is 14.3. The Morgan fingerprint density at radius 3 is 1.44 bits per heavy atom. The van der Waals surface area contributed by atoms with Gasteiger partial charge >= 0.3 is 13.6 Å². The van der Waals surface area contributed by atoms with E-state index in [1.54, 1.807) is 0 Å². The molecule has 0 heterocycles. The number of hydrogen-bond donors (Lipinski definition) is 2. The molecule has 0 saturated heterocycles. The Morgan fingerprint density at radius 1 is 0.692 bits per heavy atom. The van der Waals surface area contributed by atoms with Crippen molar-refractivity contribution in [2.45, 2.75) is 161 Å². The van der Waals surface area contributed by atoms with Gasteiger partial charge in [0.2, 0.25) is 0 Å². The van der Waals surface area contributed by atoms with E-state index in [0.29, 0.717) is 12.8 Å². The normalized spacial score (nSPS) is 15.2. The first-order valence-electron chi connectivity index (χ1n) is 16.2. The molecule has 2 N–H and O–H groups in total. The highest BCUT2D eigenvalue weighted by Gasteiger charge is 2.41. The minimum absolute atomic E-state index is 0.223. The van der Waals surface area contributed by atoms with Crippen molar-refractivity contribution < 1.29 is 33.1 Å². The highest BCUT2D eigenvalue weighted by atomic mass is 31.2. The Kier molecular flexibility index (Phi) is 23.9. The average Bonchev–Trinajstić information content (AvgIpc) is 2.87. The number of carbonyl (C=O) groups excluding carboxylic acids is 1. The average molecular weight is 579 g/mol. The van der Waals surface area contributed by atoms with Crippen LogP contribution in [0.25, 0.3) is 0 Å². The van der Waals surface area contributed by atoms with E-state index in [1.807, 2.05) is 28.1 Å². The molecule has 234 valence electrons. The number of aliphatic hydroxyl groups is 1. The van der Waals surface area contributed by atoms with Crippen LogP contribution in [0.1, 0.15) is 149 Å². The Balaban J connectivity index is 3.55. The monoisotopic (exact) mass is 578 g/mol. The first-order chi connectivity index (χ1) is 18.5. The van der Waals surface area contributed by atoms with Gasteiger partial charge in [-0.3, -0.25) is 9.36 Å². The molecule has 3 atom stereocenters. The van der Waals surface area contributed by atoms with Gasteiger partial charge in [-0.05, 0) is 6.42 Å². The Labute approximate surface area is 241 Å². The number of hydrogen-bond acceptors (Lipinski definition) is 5. The van der Waals surface area contributed by atoms with Crippen molar-refractivity contribution in [2.24, 2.45) is 0 Å². The predicted octanol–water partition coefficient (Wildman–Crippen LogP) is 8.36. The van der Waals surface area contributed by atoms with Gasteiger partial charge in [-0.1, -0.05) is 129 Å². The Hall–Kier alpha value is -0.460. The van der Waals surface area contributed by atoms with E-state index in [1.165, 1.54) is 103 Å². The summed E-state index contributed by atoms with van der Waals surface area (Å²) in [5, 5.41) is 10.0. The molecular weight excluding hydrogens is 513 g/mol. The fraction of sp³-hybridized carbons (Fsp3) is 0.968. The van der Waals surface area contributed by atoms with Crippen LogP contribution in [0.2, 0.25) is 0 Å². The number of nitrogens with zero attached hydrogens (tertiary/aromatic N) is 1. The quantitative estimate of drug-likeness (QED) is 0.0419. The lowest BCUT2D eigenvalue weighted by molar-refractivity contribution is -0.883. The fourth-order valence-corrected chi connectivity index (χ4v) is 7.05. The van der Waals surface area contributed by atoms with Crippen LogP contribution in [-0.2, 0) is 18.6 Å². The highest BCUT2D eigenvalue weighted by Crippen LogP contribution is 2.51. The van der Waals surface area contributed by atoms with Crippen molar-refractivity contribution >= 4 is 13.6 Å². The van der Waals surface area contributed by atoms with E-state index in [0.717, 1.165) is 19.3 Å². The van der Waals surface area contributed by atoms with Crippen molar-refractivity contribution in [2.75, 3.05) is 34.4 Å². The summed E-state index contributed by atoms with van der Waals surface area (Å²) in [6, 6.07) is 0. The second-order valence-electron chi connectivity index (χ2n) is 12.3. The van der Waals surface area contributed by atoms with E-state index in [9.17, 15) is 19.4 Å². The maximum absolute atomic E-state index is 12.5. The molecule has 39 heavy (non-hydrogen) atoms. The van der Waals surface area contributed by atoms with Gasteiger partial charge in [-0.15, -0.1) is 0 Å². The van der Waals surface area contributed by atoms with Crippen LogP contribution in [0.5, 0.6) is 0 Å². The van der Waals surface area contributed by atoms with Gasteiger partial charge in [0.15, 0.2) is 5.78 Å². The molecule has 2 unspecified atom stereocenters. The number of ether oxygens (including phenoxy) is 1. The molecule has 0 saturated carbocycles. The lowest BCUT2D eigenvalue weighted by atomic mass is 10.0. The first kappa shape index (κ1) is 38.5. The van der Waals surface area contributed by atoms with Crippen LogP contribution >= 0.6 is 7.60 Å². The highest BCUT2D eigenvalue weighted by molar-refractivity contribution is 7.53. The number of carbonyl (C=O) groups is 1. The van der Waals surface area contributed by atoms with Gasteiger partial charge in [-0.25, -0.2) is 0 Å². The SMILES string of the molecule is CCCCCCCCCCCCCCCCCCCCCC(=O)OC[C@@H](O)COP(=O)(O)C(CC)[N+](C)(C)C. The maximum atomic E-state index is 12.5. The lowest BCUT2D eigenvalue weighted by Crippen LogP contribution is -2.45. The number of rotatable bonds is 28. The molecule has 0 fully saturated rings. The summed E-state index contributed by atoms with van der Waals surface area (Å²) in [5.41, 5.74) is 0. The van der Waals surface area contributed by atoms with Crippen molar-refractivity contribution in [3.8, 4) is 0 Å². The minimum atomic E-state index is -3.90. The van der Waals surface area contributed by atoms with Gasteiger partial charge < -0.3 is 23.7 Å². The zero-order valence-corrected chi connectivity index (χ0v) is 27.2. The summed E-state index contributed by atoms with van der Waals surface area (Å²) in [5.74, 6) is -0.924. The summed E-state index contributed by atoms with van der Waals surface area (Å²) in [6.07, 6.45) is 24.6. The first-order valence-corrected chi connectivity index (χ1v) is 17.8. The van der Waals surface area contributed by atoms with Gasteiger partial charge in [0.25, 0.3) is 0 Å². The van der Waals surface area contributed by atoms with E-state index in [2.05, 4.69) is 6.92 Å². The summed E-state index contributed by atoms with van der Waals surface area (Å²) in [4.78, 5) is 22.2. The molecule has 0 aromatic heterocycles. The third-order valence-electron chi connectivity index (χ3n) is 7.51. The van der Waals surface area contributed by atoms with Gasteiger partial charge in [0, 0.05) is 12.8 Å². The van der Waals surface area contributed by atoms with Crippen molar-refractivity contribution in [1.29, 1.82) is 0 Å². The fourth-order valence-electron chi connectivity index (χ4n) is 5.15. The van der Waals surface area contributed by atoms with E-state index in [4.69, 9.17) is 9.26 Å². The largest absolute Gasteiger partial charge is 0.463 e. The minimum Gasteiger partial charge on any atom is -0.463 e. The molecule has 0 aliphatic heterocycles. The second kappa shape index (κ2) is 24.2. The molecule has 0 spiro atoms. The van der Waals surface area contributed by atoms with Crippen molar-refractivity contribution in [3.63, 3.8) is 0 Å². The molecule has 0 aliphatic carbocycles. The van der Waals surface area contributed by atoms with E-state index in [-0.39, 0.29) is 23.7 Å². The van der Waals surface area contributed by atoms with E-state index < -0.39 is 19.5 Å².